The van der Waals surface area contributed by atoms with E-state index in [0.717, 1.165) is 0 Å². The molecule has 5 heteroatoms. The van der Waals surface area contributed by atoms with Crippen molar-refractivity contribution >= 4 is 24.3 Å². The summed E-state index contributed by atoms with van der Waals surface area (Å²) in [5.41, 5.74) is 0. The molecule has 0 bridgehead atoms. The number of β-amino-alcohol motifs (C(OH)–C–C–N with tert-alkyl or cyclic N) is 1. The molecule has 3 atom stereocenters. The van der Waals surface area contributed by atoms with Crippen molar-refractivity contribution in [2.75, 3.05) is 6.54 Å². The van der Waals surface area contributed by atoms with Crippen molar-refractivity contribution in [3.05, 3.63) is 0 Å². The number of rotatable bonds is 2. The molecule has 1 unspecified atom stereocenters. The van der Waals surface area contributed by atoms with Gasteiger partial charge in [-0.25, -0.2) is 0 Å². The van der Waals surface area contributed by atoms with Gasteiger partial charge < -0.3 is 10.0 Å². The Morgan fingerprint density at radius 3 is 2.57 bits per heavy atom. The van der Waals surface area contributed by atoms with Gasteiger partial charge in [0.1, 0.15) is 0 Å². The fourth-order valence-corrected chi connectivity index (χ4v) is 1.88. The van der Waals surface area contributed by atoms with Gasteiger partial charge in [-0.3, -0.25) is 9.59 Å². The lowest BCUT2D eigenvalue weighted by molar-refractivity contribution is -0.135. The lowest BCUT2D eigenvalue weighted by Crippen LogP contribution is -2.41. The zero-order valence-corrected chi connectivity index (χ0v) is 9.20. The summed E-state index contributed by atoms with van der Waals surface area (Å²) >= 11 is 4.04. The van der Waals surface area contributed by atoms with Crippen molar-refractivity contribution in [1.29, 1.82) is 0 Å². The first-order valence-electron chi connectivity index (χ1n) is 4.60. The quantitative estimate of drug-likeness (QED) is 0.633. The summed E-state index contributed by atoms with van der Waals surface area (Å²) in [6.07, 6.45) is -0.247. The van der Waals surface area contributed by atoms with Crippen LogP contribution >= 0.6 is 12.6 Å². The van der Waals surface area contributed by atoms with Crippen LogP contribution in [0.25, 0.3) is 0 Å². The highest BCUT2D eigenvalue weighted by molar-refractivity contribution is 7.81. The Bertz CT molecular complexity index is 254. The molecule has 0 radical (unpaired) electrons. The van der Waals surface area contributed by atoms with Crippen LogP contribution in [-0.4, -0.2) is 45.6 Å². The molecule has 1 saturated heterocycles. The van der Waals surface area contributed by atoms with Crippen molar-refractivity contribution in [1.82, 2.24) is 4.90 Å². The minimum atomic E-state index is -0.583. The van der Waals surface area contributed by atoms with Crippen molar-refractivity contribution in [2.24, 2.45) is 0 Å². The monoisotopic (exact) mass is 217 g/mol. The summed E-state index contributed by atoms with van der Waals surface area (Å²) in [7, 11) is 0. The van der Waals surface area contributed by atoms with E-state index in [2.05, 4.69) is 12.6 Å². The zero-order chi connectivity index (χ0) is 10.9. The van der Waals surface area contributed by atoms with E-state index in [1.54, 1.807) is 6.92 Å². The summed E-state index contributed by atoms with van der Waals surface area (Å²) in [5.74, 6) is -0.269. The number of hydrogen-bond donors (Lipinski definition) is 2. The van der Waals surface area contributed by atoms with Gasteiger partial charge in [-0.1, -0.05) is 0 Å². The second-order valence-corrected chi connectivity index (χ2v) is 4.43. The van der Waals surface area contributed by atoms with Crippen LogP contribution in [0.5, 0.6) is 0 Å². The summed E-state index contributed by atoms with van der Waals surface area (Å²) in [6, 6.07) is -0.491. The molecule has 1 heterocycles. The summed E-state index contributed by atoms with van der Waals surface area (Å²) in [4.78, 5) is 24.2. The van der Waals surface area contributed by atoms with Gasteiger partial charge in [0.2, 0.25) is 5.91 Å². The largest absolute Gasteiger partial charge is 0.391 e. The lowest BCUT2D eigenvalue weighted by atomic mass is 10.1. The molecule has 0 aromatic carbocycles. The van der Waals surface area contributed by atoms with E-state index in [1.807, 2.05) is 0 Å². The number of ketones is 1. The Morgan fingerprint density at radius 2 is 2.14 bits per heavy atom. The molecule has 80 valence electrons. The number of nitrogens with zero attached hydrogens (tertiary/aromatic N) is 1. The van der Waals surface area contributed by atoms with Gasteiger partial charge in [0, 0.05) is 19.9 Å². The third-order valence-corrected chi connectivity index (χ3v) is 2.68. The molecule has 0 spiro atoms. The van der Waals surface area contributed by atoms with E-state index in [9.17, 15) is 14.7 Å². The Hall–Kier alpha value is -0.550. The topological polar surface area (TPSA) is 57.6 Å². The minimum Gasteiger partial charge on any atom is -0.391 e. The number of likely N-dealkylation sites (tertiary alicyclic amines) is 1. The smallest absolute Gasteiger partial charge is 0.220 e. The summed E-state index contributed by atoms with van der Waals surface area (Å²) in [6.45, 7) is 3.34. The van der Waals surface area contributed by atoms with E-state index in [-0.39, 0.29) is 18.2 Å². The van der Waals surface area contributed by atoms with Gasteiger partial charge in [-0.05, 0) is 6.92 Å². The first-order valence-corrected chi connectivity index (χ1v) is 5.12. The maximum absolute atomic E-state index is 11.6. The Balaban J connectivity index is 2.76. The second-order valence-electron chi connectivity index (χ2n) is 3.66. The predicted octanol–water partition coefficient (Wildman–Crippen LogP) is -0.145. The van der Waals surface area contributed by atoms with Gasteiger partial charge in [-0.15, -0.1) is 0 Å². The average molecular weight is 217 g/mol. The molecule has 1 aliphatic heterocycles. The van der Waals surface area contributed by atoms with Crippen LogP contribution in [0.2, 0.25) is 0 Å². The number of amides is 1. The predicted molar refractivity (Wildman–Crippen MR) is 55.3 cm³/mol. The van der Waals surface area contributed by atoms with Crippen LogP contribution in [0.3, 0.4) is 0 Å². The first kappa shape index (κ1) is 11.5. The lowest BCUT2D eigenvalue weighted by Gasteiger charge is -2.22. The van der Waals surface area contributed by atoms with Gasteiger partial charge >= 0.3 is 0 Å². The molecular weight excluding hydrogens is 202 g/mol. The molecule has 1 aliphatic rings. The molecule has 1 N–H and O–H groups in total. The van der Waals surface area contributed by atoms with Gasteiger partial charge in [0.05, 0.1) is 17.4 Å². The van der Waals surface area contributed by atoms with Gasteiger partial charge in [0.25, 0.3) is 0 Å². The second kappa shape index (κ2) is 4.31. The van der Waals surface area contributed by atoms with Gasteiger partial charge in [0.15, 0.2) is 5.78 Å². The van der Waals surface area contributed by atoms with Crippen LogP contribution in [0.1, 0.15) is 20.3 Å². The number of hydrogen-bond acceptors (Lipinski definition) is 4. The molecule has 0 saturated carbocycles. The normalized spacial score (nSPS) is 29.0. The number of aliphatic hydroxyl groups excluding tert-OH is 1. The molecule has 0 aromatic heterocycles. The fourth-order valence-electron chi connectivity index (χ4n) is 1.71. The molecule has 1 fully saturated rings. The molecular formula is C9H15NO3S. The van der Waals surface area contributed by atoms with Crippen LogP contribution in [0.15, 0.2) is 0 Å². The first-order chi connectivity index (χ1) is 6.43. The van der Waals surface area contributed by atoms with Crippen LogP contribution in [0.4, 0.5) is 0 Å². The fraction of sp³-hybridized carbons (Fsp3) is 0.778. The molecule has 1 rings (SSSR count). The van der Waals surface area contributed by atoms with Crippen molar-refractivity contribution in [3.8, 4) is 0 Å². The number of thiol groups is 1. The maximum Gasteiger partial charge on any atom is 0.220 e. The van der Waals surface area contributed by atoms with E-state index < -0.39 is 17.4 Å². The maximum atomic E-state index is 11.6. The zero-order valence-electron chi connectivity index (χ0n) is 8.30. The minimum absolute atomic E-state index is 0.0971. The van der Waals surface area contributed by atoms with Crippen LogP contribution in [-0.2, 0) is 9.59 Å². The molecule has 4 nitrogen and oxygen atoms in total. The standard InChI is InChI=1S/C9H15NO3S/c1-5(14)9(13)8-3-7(12)4-10(8)6(2)11/h5,7-8,12,14H,3-4H2,1-2H3/t5?,7-,8+/m1/s1. The number of Topliss-reactive ketones (excluding diaryl/α,β-unsaturated/α-hetero) is 1. The van der Waals surface area contributed by atoms with E-state index in [0.29, 0.717) is 6.42 Å². The molecule has 0 aromatic rings. The van der Waals surface area contributed by atoms with Crippen LogP contribution < -0.4 is 0 Å². The van der Waals surface area contributed by atoms with Crippen molar-refractivity contribution in [3.63, 3.8) is 0 Å². The molecule has 14 heavy (non-hydrogen) atoms. The van der Waals surface area contributed by atoms with Crippen molar-refractivity contribution < 1.29 is 14.7 Å². The van der Waals surface area contributed by atoms with E-state index >= 15 is 0 Å². The number of carbonyl (C=O) groups is 2. The number of carbonyl (C=O) groups excluding carboxylic acids is 2. The van der Waals surface area contributed by atoms with Crippen LogP contribution in [0, 0.1) is 0 Å². The highest BCUT2D eigenvalue weighted by Gasteiger charge is 2.38. The molecule has 0 aliphatic carbocycles. The highest BCUT2D eigenvalue weighted by atomic mass is 32.1. The third kappa shape index (κ3) is 2.27. The highest BCUT2D eigenvalue weighted by Crippen LogP contribution is 2.20. The Labute approximate surface area is 88.7 Å². The number of aliphatic hydroxyl groups is 1. The summed E-state index contributed by atoms with van der Waals surface area (Å²) in [5, 5.41) is 8.98. The van der Waals surface area contributed by atoms with E-state index in [4.69, 9.17) is 0 Å². The van der Waals surface area contributed by atoms with Crippen molar-refractivity contribution in [2.45, 2.75) is 37.7 Å². The average Bonchev–Trinajstić information content (AvgIpc) is 2.45. The third-order valence-electron chi connectivity index (χ3n) is 2.42. The Kier molecular flexibility index (Phi) is 3.55. The SMILES string of the molecule is CC(=O)N1C[C@H](O)C[C@H]1C(=O)C(C)S. The van der Waals surface area contributed by atoms with E-state index in [1.165, 1.54) is 11.8 Å². The summed E-state index contributed by atoms with van der Waals surface area (Å²) < 4.78 is 0. The molecule has 1 amide bonds. The Morgan fingerprint density at radius 1 is 1.57 bits per heavy atom. The van der Waals surface area contributed by atoms with Gasteiger partial charge in [-0.2, -0.15) is 12.6 Å².